The highest BCUT2D eigenvalue weighted by atomic mass is 16.5. The smallest absolute Gasteiger partial charge is 0.0826 e. The van der Waals surface area contributed by atoms with Gasteiger partial charge in [0.05, 0.1) is 12.7 Å². The first-order chi connectivity index (χ1) is 9.50. The molecule has 0 aromatic rings. The molecule has 1 saturated heterocycles. The van der Waals surface area contributed by atoms with E-state index in [4.69, 9.17) is 4.74 Å². The summed E-state index contributed by atoms with van der Waals surface area (Å²) in [5, 5.41) is 3.55. The predicted molar refractivity (Wildman–Crippen MR) is 86.3 cm³/mol. The van der Waals surface area contributed by atoms with Crippen LogP contribution in [0, 0.1) is 0 Å². The maximum absolute atomic E-state index is 5.82. The SMILES string of the molecule is CC(C)N(C)CCCCNCC1CN(C(C)C)CCO1. The lowest BCUT2D eigenvalue weighted by molar-refractivity contribution is -0.0370. The lowest BCUT2D eigenvalue weighted by Gasteiger charge is -2.35. The van der Waals surface area contributed by atoms with Gasteiger partial charge in [0, 0.05) is 31.7 Å². The Kier molecular flexibility index (Phi) is 8.69. The zero-order valence-electron chi connectivity index (χ0n) is 14.2. The first-order valence-electron chi connectivity index (χ1n) is 8.27. The van der Waals surface area contributed by atoms with Crippen LogP contribution >= 0.6 is 0 Å². The average molecular weight is 285 g/mol. The number of unbranched alkanes of at least 4 members (excludes halogenated alkanes) is 1. The maximum Gasteiger partial charge on any atom is 0.0826 e. The Balaban J connectivity index is 2.01. The second kappa shape index (κ2) is 9.72. The van der Waals surface area contributed by atoms with Crippen LogP contribution in [0.25, 0.3) is 0 Å². The van der Waals surface area contributed by atoms with Crippen molar-refractivity contribution in [2.45, 2.75) is 58.7 Å². The highest BCUT2D eigenvalue weighted by molar-refractivity contribution is 4.75. The van der Waals surface area contributed by atoms with Gasteiger partial charge >= 0.3 is 0 Å². The Morgan fingerprint density at radius 2 is 2.00 bits per heavy atom. The van der Waals surface area contributed by atoms with Crippen LogP contribution in [0.1, 0.15) is 40.5 Å². The van der Waals surface area contributed by atoms with Gasteiger partial charge in [0.1, 0.15) is 0 Å². The topological polar surface area (TPSA) is 27.7 Å². The fourth-order valence-electron chi connectivity index (χ4n) is 2.47. The first-order valence-corrected chi connectivity index (χ1v) is 8.27. The molecule has 0 radical (unpaired) electrons. The van der Waals surface area contributed by atoms with Gasteiger partial charge in [-0.3, -0.25) is 4.90 Å². The molecule has 1 unspecified atom stereocenters. The highest BCUT2D eigenvalue weighted by Crippen LogP contribution is 2.08. The molecule has 1 aliphatic heterocycles. The normalized spacial score (nSPS) is 21.3. The molecule has 0 amide bonds. The molecule has 120 valence electrons. The van der Waals surface area contributed by atoms with Gasteiger partial charge in [-0.15, -0.1) is 0 Å². The van der Waals surface area contributed by atoms with Gasteiger partial charge in [-0.1, -0.05) is 0 Å². The Hall–Kier alpha value is -0.160. The van der Waals surface area contributed by atoms with E-state index >= 15 is 0 Å². The van der Waals surface area contributed by atoms with Crippen molar-refractivity contribution < 1.29 is 4.74 Å². The van der Waals surface area contributed by atoms with Crippen molar-refractivity contribution in [3.63, 3.8) is 0 Å². The van der Waals surface area contributed by atoms with E-state index in [0.29, 0.717) is 18.2 Å². The van der Waals surface area contributed by atoms with Crippen molar-refractivity contribution in [1.82, 2.24) is 15.1 Å². The summed E-state index contributed by atoms with van der Waals surface area (Å²) in [5.41, 5.74) is 0. The fourth-order valence-corrected chi connectivity index (χ4v) is 2.47. The number of rotatable bonds is 9. The summed E-state index contributed by atoms with van der Waals surface area (Å²) in [7, 11) is 2.20. The van der Waals surface area contributed by atoms with E-state index < -0.39 is 0 Å². The van der Waals surface area contributed by atoms with Crippen LogP contribution in [0.2, 0.25) is 0 Å². The molecule has 4 nitrogen and oxygen atoms in total. The average Bonchev–Trinajstić information content (AvgIpc) is 2.42. The molecule has 0 aromatic carbocycles. The molecule has 1 atom stereocenters. The third-order valence-electron chi connectivity index (χ3n) is 4.27. The maximum atomic E-state index is 5.82. The van der Waals surface area contributed by atoms with Crippen LogP contribution in [0.3, 0.4) is 0 Å². The third-order valence-corrected chi connectivity index (χ3v) is 4.27. The Morgan fingerprint density at radius 1 is 1.25 bits per heavy atom. The minimum atomic E-state index is 0.365. The molecule has 1 rings (SSSR count). The van der Waals surface area contributed by atoms with E-state index in [0.717, 1.165) is 32.8 Å². The number of ether oxygens (including phenoxy) is 1. The van der Waals surface area contributed by atoms with E-state index in [-0.39, 0.29) is 0 Å². The molecule has 20 heavy (non-hydrogen) atoms. The summed E-state index contributed by atoms with van der Waals surface area (Å²) in [6.45, 7) is 15.3. The summed E-state index contributed by atoms with van der Waals surface area (Å²) in [4.78, 5) is 4.91. The Labute approximate surface area is 125 Å². The summed E-state index contributed by atoms with van der Waals surface area (Å²) in [6.07, 6.45) is 2.88. The van der Waals surface area contributed by atoms with Crippen molar-refractivity contribution in [2.75, 3.05) is 46.4 Å². The van der Waals surface area contributed by atoms with Gasteiger partial charge in [0.25, 0.3) is 0 Å². The number of nitrogens with zero attached hydrogens (tertiary/aromatic N) is 2. The minimum absolute atomic E-state index is 0.365. The van der Waals surface area contributed by atoms with E-state index in [2.05, 4.69) is 49.9 Å². The number of hydrogen-bond acceptors (Lipinski definition) is 4. The zero-order valence-corrected chi connectivity index (χ0v) is 14.2. The fraction of sp³-hybridized carbons (Fsp3) is 1.00. The van der Waals surface area contributed by atoms with Crippen molar-refractivity contribution >= 4 is 0 Å². The van der Waals surface area contributed by atoms with E-state index in [1.165, 1.54) is 19.4 Å². The summed E-state index contributed by atoms with van der Waals surface area (Å²) < 4.78 is 5.82. The Morgan fingerprint density at radius 3 is 2.65 bits per heavy atom. The largest absolute Gasteiger partial charge is 0.374 e. The van der Waals surface area contributed by atoms with E-state index in [9.17, 15) is 0 Å². The summed E-state index contributed by atoms with van der Waals surface area (Å²) in [6, 6.07) is 1.29. The van der Waals surface area contributed by atoms with Crippen molar-refractivity contribution in [3.05, 3.63) is 0 Å². The molecule has 1 N–H and O–H groups in total. The van der Waals surface area contributed by atoms with Crippen LogP contribution in [-0.4, -0.2) is 74.4 Å². The monoisotopic (exact) mass is 285 g/mol. The van der Waals surface area contributed by atoms with Gasteiger partial charge in [0.15, 0.2) is 0 Å². The Bertz CT molecular complexity index is 246. The van der Waals surface area contributed by atoms with Crippen LogP contribution in [0.4, 0.5) is 0 Å². The number of nitrogens with one attached hydrogen (secondary N) is 1. The molecule has 1 fully saturated rings. The van der Waals surface area contributed by atoms with Gasteiger partial charge in [0.2, 0.25) is 0 Å². The van der Waals surface area contributed by atoms with E-state index in [1.807, 2.05) is 0 Å². The molecule has 1 heterocycles. The van der Waals surface area contributed by atoms with Gasteiger partial charge in [-0.05, 0) is 60.7 Å². The van der Waals surface area contributed by atoms with Gasteiger partial charge < -0.3 is 15.0 Å². The van der Waals surface area contributed by atoms with Crippen molar-refractivity contribution in [1.29, 1.82) is 0 Å². The van der Waals surface area contributed by atoms with Gasteiger partial charge in [-0.2, -0.15) is 0 Å². The van der Waals surface area contributed by atoms with Crippen LogP contribution in [-0.2, 0) is 4.74 Å². The lowest BCUT2D eigenvalue weighted by atomic mass is 10.2. The minimum Gasteiger partial charge on any atom is -0.374 e. The van der Waals surface area contributed by atoms with E-state index in [1.54, 1.807) is 0 Å². The van der Waals surface area contributed by atoms with Gasteiger partial charge in [-0.25, -0.2) is 0 Å². The van der Waals surface area contributed by atoms with Crippen molar-refractivity contribution in [3.8, 4) is 0 Å². The van der Waals surface area contributed by atoms with Crippen molar-refractivity contribution in [2.24, 2.45) is 0 Å². The summed E-state index contributed by atoms with van der Waals surface area (Å²) >= 11 is 0. The molecule has 0 aromatic heterocycles. The molecule has 1 aliphatic rings. The second-order valence-corrected chi connectivity index (χ2v) is 6.57. The lowest BCUT2D eigenvalue weighted by Crippen LogP contribution is -2.49. The number of hydrogen-bond donors (Lipinski definition) is 1. The molecule has 0 saturated carbocycles. The second-order valence-electron chi connectivity index (χ2n) is 6.57. The van der Waals surface area contributed by atoms with Crippen LogP contribution in [0.5, 0.6) is 0 Å². The molecular formula is C16H35N3O. The molecular weight excluding hydrogens is 250 g/mol. The molecule has 0 aliphatic carbocycles. The standard InChI is InChI=1S/C16H35N3O/c1-14(2)18(5)9-7-6-8-17-12-16-13-19(15(3)4)10-11-20-16/h14-17H,6-13H2,1-5H3. The summed E-state index contributed by atoms with van der Waals surface area (Å²) in [5.74, 6) is 0. The van der Waals surface area contributed by atoms with Crippen LogP contribution in [0.15, 0.2) is 0 Å². The molecule has 4 heteroatoms. The third kappa shape index (κ3) is 7.02. The number of morpholine rings is 1. The molecule has 0 spiro atoms. The predicted octanol–water partition coefficient (Wildman–Crippen LogP) is 1.81. The first kappa shape index (κ1) is 17.9. The van der Waals surface area contributed by atoms with Crippen LogP contribution < -0.4 is 5.32 Å². The molecule has 0 bridgehead atoms. The zero-order chi connectivity index (χ0) is 15.0. The highest BCUT2D eigenvalue weighted by Gasteiger charge is 2.21. The quantitative estimate of drug-likeness (QED) is 0.654.